The molecule has 0 saturated carbocycles. The summed E-state index contributed by atoms with van der Waals surface area (Å²) in [5, 5.41) is 1.08. The molecule has 0 aliphatic rings. The van der Waals surface area contributed by atoms with Crippen LogP contribution >= 0.6 is 10.7 Å². The fourth-order valence-corrected chi connectivity index (χ4v) is 2.92. The van der Waals surface area contributed by atoms with Crippen molar-refractivity contribution in [3.05, 3.63) is 36.4 Å². The van der Waals surface area contributed by atoms with Gasteiger partial charge in [0.05, 0.1) is 17.9 Å². The highest BCUT2D eigenvalue weighted by Gasteiger charge is 2.16. The topological polar surface area (TPSA) is 86.5 Å². The van der Waals surface area contributed by atoms with E-state index in [1.165, 1.54) is 12.1 Å². The molecule has 0 spiro atoms. The molecule has 2 N–H and O–H groups in total. The molecule has 2 aromatic rings. The normalized spacial score (nSPS) is 11.4. The molecule has 5 nitrogen and oxygen atoms in total. The number of hydrogen-bond acceptors (Lipinski definition) is 4. The molecule has 0 radical (unpaired) electrons. The second-order valence-electron chi connectivity index (χ2n) is 4.11. The number of carbonyl (C=O) groups excluding carboxylic acids is 1. The van der Waals surface area contributed by atoms with Gasteiger partial charge in [0.1, 0.15) is 5.75 Å². The zero-order valence-corrected chi connectivity index (χ0v) is 11.9. The molecular formula is C13H12ClNO4S. The standard InChI is InChI=1S/C13H12ClNO4S/c14-20(17,18)12-6-5-11(19-8-7-13(15)16)9-3-1-2-4-10(9)12/h1-6H,7-8H2,(H2,15,16). The van der Waals surface area contributed by atoms with Gasteiger partial charge in [-0.1, -0.05) is 24.3 Å². The van der Waals surface area contributed by atoms with Crippen LogP contribution in [0.25, 0.3) is 10.8 Å². The summed E-state index contributed by atoms with van der Waals surface area (Å²) < 4.78 is 28.5. The van der Waals surface area contributed by atoms with Crippen molar-refractivity contribution < 1.29 is 17.9 Å². The number of carbonyl (C=O) groups is 1. The van der Waals surface area contributed by atoms with Crippen molar-refractivity contribution in [2.45, 2.75) is 11.3 Å². The SMILES string of the molecule is NC(=O)CCOc1ccc(S(=O)(=O)Cl)c2ccccc12. The Morgan fingerprint density at radius 1 is 1.15 bits per heavy atom. The van der Waals surface area contributed by atoms with Crippen LogP contribution in [0, 0.1) is 0 Å². The van der Waals surface area contributed by atoms with Crippen molar-refractivity contribution in [2.75, 3.05) is 6.61 Å². The molecule has 0 heterocycles. The molecule has 0 fully saturated rings. The fourth-order valence-electron chi connectivity index (χ4n) is 1.84. The van der Waals surface area contributed by atoms with Gasteiger partial charge in [0.2, 0.25) is 5.91 Å². The molecule has 0 unspecified atom stereocenters. The predicted molar refractivity (Wildman–Crippen MR) is 76.3 cm³/mol. The molecular weight excluding hydrogens is 302 g/mol. The van der Waals surface area contributed by atoms with Crippen molar-refractivity contribution in [3.63, 3.8) is 0 Å². The van der Waals surface area contributed by atoms with Crippen LogP contribution in [0.1, 0.15) is 6.42 Å². The van der Waals surface area contributed by atoms with E-state index >= 15 is 0 Å². The summed E-state index contributed by atoms with van der Waals surface area (Å²) in [6.45, 7) is 0.131. The molecule has 20 heavy (non-hydrogen) atoms. The molecule has 1 amide bonds. The lowest BCUT2D eigenvalue weighted by Crippen LogP contribution is -2.14. The minimum absolute atomic E-state index is 0.0250. The lowest BCUT2D eigenvalue weighted by molar-refractivity contribution is -0.118. The van der Waals surface area contributed by atoms with E-state index in [1.54, 1.807) is 24.3 Å². The van der Waals surface area contributed by atoms with Crippen molar-refractivity contribution in [1.82, 2.24) is 0 Å². The molecule has 0 aromatic heterocycles. The van der Waals surface area contributed by atoms with Crippen LogP contribution in [0.15, 0.2) is 41.3 Å². The van der Waals surface area contributed by atoms with Gasteiger partial charge < -0.3 is 10.5 Å². The molecule has 0 aliphatic heterocycles. The molecule has 7 heteroatoms. The molecule has 0 atom stereocenters. The average molecular weight is 314 g/mol. The summed E-state index contributed by atoms with van der Waals surface area (Å²) in [6, 6.07) is 9.73. The van der Waals surface area contributed by atoms with Gasteiger partial charge >= 0.3 is 0 Å². The van der Waals surface area contributed by atoms with Crippen LogP contribution in [0.4, 0.5) is 0 Å². The first-order chi connectivity index (χ1) is 9.39. The van der Waals surface area contributed by atoms with Gasteiger partial charge in [0.15, 0.2) is 0 Å². The summed E-state index contributed by atoms with van der Waals surface area (Å²) in [7, 11) is 1.57. The van der Waals surface area contributed by atoms with Gasteiger partial charge in [-0.25, -0.2) is 8.42 Å². The van der Waals surface area contributed by atoms with Crippen LogP contribution in [0.3, 0.4) is 0 Å². The third kappa shape index (κ3) is 3.20. The van der Waals surface area contributed by atoms with E-state index in [9.17, 15) is 13.2 Å². The number of benzene rings is 2. The summed E-state index contributed by atoms with van der Waals surface area (Å²) in [5.74, 6) is 0.0141. The molecule has 0 saturated heterocycles. The van der Waals surface area contributed by atoms with Crippen LogP contribution in [-0.4, -0.2) is 20.9 Å². The highest BCUT2D eigenvalue weighted by Crippen LogP contribution is 2.32. The Morgan fingerprint density at radius 3 is 2.40 bits per heavy atom. The number of primary amides is 1. The summed E-state index contributed by atoms with van der Waals surface area (Å²) in [5.41, 5.74) is 5.03. The average Bonchev–Trinajstić information content (AvgIpc) is 2.37. The zero-order chi connectivity index (χ0) is 14.8. The van der Waals surface area contributed by atoms with E-state index in [0.29, 0.717) is 16.5 Å². The zero-order valence-electron chi connectivity index (χ0n) is 10.4. The highest BCUT2D eigenvalue weighted by atomic mass is 35.7. The predicted octanol–water partition coefficient (Wildman–Crippen LogP) is 2.02. The second-order valence-corrected chi connectivity index (χ2v) is 6.64. The van der Waals surface area contributed by atoms with Crippen LogP contribution in [0.5, 0.6) is 5.75 Å². The van der Waals surface area contributed by atoms with Gasteiger partial charge in [-0.3, -0.25) is 4.79 Å². The summed E-state index contributed by atoms with van der Waals surface area (Å²) in [4.78, 5) is 10.7. The fraction of sp³-hybridized carbons (Fsp3) is 0.154. The Balaban J connectivity index is 2.46. The lowest BCUT2D eigenvalue weighted by Gasteiger charge is -2.10. The quantitative estimate of drug-likeness (QED) is 0.856. The van der Waals surface area contributed by atoms with E-state index < -0.39 is 15.0 Å². The van der Waals surface area contributed by atoms with E-state index in [0.717, 1.165) is 0 Å². The van der Waals surface area contributed by atoms with Gasteiger partial charge in [-0.2, -0.15) is 0 Å². The van der Waals surface area contributed by atoms with E-state index in [4.69, 9.17) is 21.2 Å². The minimum atomic E-state index is -3.84. The van der Waals surface area contributed by atoms with Crippen molar-refractivity contribution >= 4 is 36.4 Å². The third-order valence-electron chi connectivity index (χ3n) is 2.71. The summed E-state index contributed by atoms with van der Waals surface area (Å²) >= 11 is 0. The summed E-state index contributed by atoms with van der Waals surface area (Å²) in [6.07, 6.45) is 0.0872. The van der Waals surface area contributed by atoms with Gasteiger partial charge in [0, 0.05) is 21.5 Å². The highest BCUT2D eigenvalue weighted by molar-refractivity contribution is 8.14. The molecule has 2 rings (SSSR count). The van der Waals surface area contributed by atoms with Gasteiger partial charge in [-0.15, -0.1) is 0 Å². The minimum Gasteiger partial charge on any atom is -0.492 e. The third-order valence-corrected chi connectivity index (χ3v) is 4.09. The Morgan fingerprint density at radius 2 is 1.80 bits per heavy atom. The second kappa shape index (κ2) is 5.68. The monoisotopic (exact) mass is 313 g/mol. The number of ether oxygens (including phenoxy) is 1. The van der Waals surface area contributed by atoms with E-state index in [2.05, 4.69) is 0 Å². The first-order valence-corrected chi connectivity index (χ1v) is 8.08. The first kappa shape index (κ1) is 14.6. The number of amides is 1. The number of halogens is 1. The number of fused-ring (bicyclic) bond motifs is 1. The largest absolute Gasteiger partial charge is 0.492 e. The maximum absolute atomic E-state index is 11.5. The Kier molecular flexibility index (Phi) is 4.15. The Bertz CT molecular complexity index is 758. The van der Waals surface area contributed by atoms with Crippen molar-refractivity contribution in [3.8, 4) is 5.75 Å². The maximum atomic E-state index is 11.5. The number of hydrogen-bond donors (Lipinski definition) is 1. The first-order valence-electron chi connectivity index (χ1n) is 5.77. The maximum Gasteiger partial charge on any atom is 0.261 e. The molecule has 0 bridgehead atoms. The van der Waals surface area contributed by atoms with Crippen LogP contribution in [-0.2, 0) is 13.8 Å². The molecule has 0 aliphatic carbocycles. The van der Waals surface area contributed by atoms with Crippen molar-refractivity contribution in [2.24, 2.45) is 5.73 Å². The van der Waals surface area contributed by atoms with Crippen LogP contribution in [0.2, 0.25) is 0 Å². The Hall–Kier alpha value is -1.79. The van der Waals surface area contributed by atoms with Gasteiger partial charge in [0.25, 0.3) is 9.05 Å². The molecule has 2 aromatic carbocycles. The van der Waals surface area contributed by atoms with E-state index in [1.807, 2.05) is 0 Å². The van der Waals surface area contributed by atoms with Crippen molar-refractivity contribution in [1.29, 1.82) is 0 Å². The lowest BCUT2D eigenvalue weighted by atomic mass is 10.1. The number of rotatable bonds is 5. The number of nitrogens with two attached hydrogens (primary N) is 1. The smallest absolute Gasteiger partial charge is 0.261 e. The van der Waals surface area contributed by atoms with E-state index in [-0.39, 0.29) is 17.9 Å². The van der Waals surface area contributed by atoms with Crippen LogP contribution < -0.4 is 10.5 Å². The molecule has 106 valence electrons. The Labute approximate surface area is 120 Å². The van der Waals surface area contributed by atoms with Gasteiger partial charge in [-0.05, 0) is 12.1 Å².